The zero-order valence-electron chi connectivity index (χ0n) is 12.1. The normalized spacial score (nSPS) is 23.0. The molecule has 0 N–H and O–H groups in total. The number of rotatable bonds is 3. The first-order valence-corrected chi connectivity index (χ1v) is 7.99. The molecule has 3 nitrogen and oxygen atoms in total. The number of ether oxygens (including phenoxy) is 2. The number of fused-ring (bicyclic) bond motifs is 1. The van der Waals surface area contributed by atoms with Crippen LogP contribution in [-0.4, -0.2) is 18.7 Å². The predicted octanol–water partition coefficient (Wildman–Crippen LogP) is 4.82. The van der Waals surface area contributed by atoms with Crippen LogP contribution < -0.4 is 4.74 Å². The van der Waals surface area contributed by atoms with Gasteiger partial charge in [0.2, 0.25) is 5.78 Å². The van der Waals surface area contributed by atoms with Crippen LogP contribution in [0.5, 0.6) is 5.75 Å². The molecule has 0 fully saturated rings. The Morgan fingerprint density at radius 2 is 1.95 bits per heavy atom. The van der Waals surface area contributed by atoms with Crippen molar-refractivity contribution in [2.45, 2.75) is 18.6 Å². The lowest BCUT2D eigenvalue weighted by molar-refractivity contribution is -0.126. The highest BCUT2D eigenvalue weighted by atomic mass is 79.9. The van der Waals surface area contributed by atoms with Gasteiger partial charge in [-0.1, -0.05) is 34.5 Å². The summed E-state index contributed by atoms with van der Waals surface area (Å²) in [5.41, 5.74) is 1.45. The highest BCUT2D eigenvalue weighted by Crippen LogP contribution is 2.47. The standard InChI is InChI=1S/C17H14BrClO3/c1-10-14-9-12(18)5-8-15(14)22-17(10,21-2)16(20)11-3-6-13(19)7-4-11/h3-10H,1-2H3. The van der Waals surface area contributed by atoms with Crippen molar-refractivity contribution < 1.29 is 14.3 Å². The van der Waals surface area contributed by atoms with Gasteiger partial charge in [0.15, 0.2) is 0 Å². The zero-order valence-corrected chi connectivity index (χ0v) is 14.4. The summed E-state index contributed by atoms with van der Waals surface area (Å²) in [5.74, 6) is -1.13. The maximum atomic E-state index is 13.0. The molecule has 2 unspecified atom stereocenters. The summed E-state index contributed by atoms with van der Waals surface area (Å²) in [6, 6.07) is 12.4. The highest BCUT2D eigenvalue weighted by molar-refractivity contribution is 9.10. The molecule has 22 heavy (non-hydrogen) atoms. The first-order valence-electron chi connectivity index (χ1n) is 6.82. The number of hydrogen-bond acceptors (Lipinski definition) is 3. The van der Waals surface area contributed by atoms with E-state index in [0.717, 1.165) is 10.0 Å². The largest absolute Gasteiger partial charge is 0.453 e. The van der Waals surface area contributed by atoms with E-state index in [2.05, 4.69) is 15.9 Å². The zero-order chi connectivity index (χ0) is 15.9. The maximum absolute atomic E-state index is 13.0. The number of ketones is 1. The van der Waals surface area contributed by atoms with Crippen molar-refractivity contribution in [2.24, 2.45) is 0 Å². The molecular weight excluding hydrogens is 368 g/mol. The molecule has 0 saturated carbocycles. The summed E-state index contributed by atoms with van der Waals surface area (Å²) < 4.78 is 12.4. The average molecular weight is 382 g/mol. The van der Waals surface area contributed by atoms with Gasteiger partial charge >= 0.3 is 0 Å². The summed E-state index contributed by atoms with van der Waals surface area (Å²) in [6.45, 7) is 1.93. The fourth-order valence-corrected chi connectivity index (χ4v) is 3.27. The molecule has 1 aliphatic heterocycles. The molecule has 1 aliphatic rings. The van der Waals surface area contributed by atoms with Crippen molar-refractivity contribution in [3.05, 3.63) is 63.1 Å². The number of carbonyl (C=O) groups excluding carboxylic acids is 1. The van der Waals surface area contributed by atoms with Gasteiger partial charge < -0.3 is 9.47 Å². The van der Waals surface area contributed by atoms with E-state index in [1.807, 2.05) is 25.1 Å². The van der Waals surface area contributed by atoms with Crippen LogP contribution in [0.1, 0.15) is 28.8 Å². The van der Waals surface area contributed by atoms with Crippen LogP contribution in [-0.2, 0) is 4.74 Å². The lowest BCUT2D eigenvalue weighted by atomic mass is 9.89. The van der Waals surface area contributed by atoms with Crippen molar-refractivity contribution in [3.63, 3.8) is 0 Å². The Labute approximate surface area is 142 Å². The Bertz CT molecular complexity index is 729. The van der Waals surface area contributed by atoms with Gasteiger partial charge in [-0.05, 0) is 42.5 Å². The lowest BCUT2D eigenvalue weighted by Gasteiger charge is -2.29. The molecule has 0 spiro atoms. The number of methoxy groups -OCH3 is 1. The Morgan fingerprint density at radius 3 is 2.59 bits per heavy atom. The quantitative estimate of drug-likeness (QED) is 0.715. The molecule has 1 heterocycles. The van der Waals surface area contributed by atoms with Crippen LogP contribution in [0.3, 0.4) is 0 Å². The minimum atomic E-state index is -1.35. The summed E-state index contributed by atoms with van der Waals surface area (Å²) in [4.78, 5) is 13.0. The molecule has 5 heteroatoms. The lowest BCUT2D eigenvalue weighted by Crippen LogP contribution is -2.47. The number of halogens is 2. The highest BCUT2D eigenvalue weighted by Gasteiger charge is 2.53. The Morgan fingerprint density at radius 1 is 1.27 bits per heavy atom. The summed E-state index contributed by atoms with van der Waals surface area (Å²) in [5, 5.41) is 0.579. The van der Waals surface area contributed by atoms with E-state index in [0.29, 0.717) is 16.3 Å². The van der Waals surface area contributed by atoms with E-state index in [-0.39, 0.29) is 11.7 Å². The third-order valence-electron chi connectivity index (χ3n) is 4.00. The fourth-order valence-electron chi connectivity index (χ4n) is 2.76. The molecule has 0 radical (unpaired) electrons. The van der Waals surface area contributed by atoms with Crippen LogP contribution in [0.15, 0.2) is 46.9 Å². The molecule has 0 saturated heterocycles. The average Bonchev–Trinajstić information content (AvgIpc) is 2.81. The molecule has 0 aliphatic carbocycles. The molecule has 0 amide bonds. The van der Waals surface area contributed by atoms with Crippen molar-refractivity contribution in [2.75, 3.05) is 7.11 Å². The monoisotopic (exact) mass is 380 g/mol. The minimum Gasteiger partial charge on any atom is -0.453 e. The van der Waals surface area contributed by atoms with Crippen molar-refractivity contribution >= 4 is 33.3 Å². The molecule has 3 rings (SSSR count). The van der Waals surface area contributed by atoms with Gasteiger partial charge in [-0.2, -0.15) is 0 Å². The minimum absolute atomic E-state index is 0.216. The van der Waals surface area contributed by atoms with E-state index in [9.17, 15) is 4.79 Å². The Balaban J connectivity index is 2.04. The molecule has 2 aromatic carbocycles. The van der Waals surface area contributed by atoms with Crippen molar-refractivity contribution in [1.29, 1.82) is 0 Å². The van der Waals surface area contributed by atoms with E-state index >= 15 is 0 Å². The number of benzene rings is 2. The number of hydrogen-bond donors (Lipinski definition) is 0. The van der Waals surface area contributed by atoms with Crippen LogP contribution >= 0.6 is 27.5 Å². The maximum Gasteiger partial charge on any atom is 0.281 e. The molecule has 0 aromatic heterocycles. The van der Waals surface area contributed by atoms with Crippen LogP contribution in [0.2, 0.25) is 5.02 Å². The molecule has 2 aromatic rings. The van der Waals surface area contributed by atoms with Gasteiger partial charge in [0.05, 0.1) is 5.92 Å². The second kappa shape index (κ2) is 5.69. The van der Waals surface area contributed by atoms with Gasteiger partial charge in [-0.3, -0.25) is 4.79 Å². The third-order valence-corrected chi connectivity index (χ3v) is 4.74. The van der Waals surface area contributed by atoms with E-state index in [1.54, 1.807) is 24.3 Å². The first kappa shape index (κ1) is 15.5. The molecule has 0 bridgehead atoms. The van der Waals surface area contributed by atoms with Crippen LogP contribution in [0.4, 0.5) is 0 Å². The third kappa shape index (κ3) is 2.35. The smallest absolute Gasteiger partial charge is 0.281 e. The molecule has 2 atom stereocenters. The molecular formula is C17H14BrClO3. The van der Waals surface area contributed by atoms with E-state index < -0.39 is 5.79 Å². The Hall–Kier alpha value is -1.36. The second-order valence-electron chi connectivity index (χ2n) is 5.21. The SMILES string of the molecule is COC1(C(=O)c2ccc(Cl)cc2)Oc2ccc(Br)cc2C1C. The Kier molecular flexibility index (Phi) is 4.02. The first-order chi connectivity index (χ1) is 10.5. The van der Waals surface area contributed by atoms with Gasteiger partial charge in [-0.25, -0.2) is 0 Å². The van der Waals surface area contributed by atoms with Crippen molar-refractivity contribution in [3.8, 4) is 5.75 Å². The number of Topliss-reactive ketones (excluding diaryl/α,β-unsaturated/α-hetero) is 1. The fraction of sp³-hybridized carbons (Fsp3) is 0.235. The van der Waals surface area contributed by atoms with Crippen LogP contribution in [0, 0.1) is 0 Å². The summed E-state index contributed by atoms with van der Waals surface area (Å²) >= 11 is 9.33. The second-order valence-corrected chi connectivity index (χ2v) is 6.57. The molecule has 114 valence electrons. The van der Waals surface area contributed by atoms with Gasteiger partial charge in [0.1, 0.15) is 5.75 Å². The summed E-state index contributed by atoms with van der Waals surface area (Å²) in [7, 11) is 1.49. The van der Waals surface area contributed by atoms with Crippen molar-refractivity contribution in [1.82, 2.24) is 0 Å². The van der Waals surface area contributed by atoms with Gasteiger partial charge in [-0.15, -0.1) is 0 Å². The van der Waals surface area contributed by atoms with Gasteiger partial charge in [0.25, 0.3) is 5.79 Å². The van der Waals surface area contributed by atoms with E-state index in [1.165, 1.54) is 7.11 Å². The predicted molar refractivity (Wildman–Crippen MR) is 88.7 cm³/mol. The summed E-state index contributed by atoms with van der Waals surface area (Å²) in [6.07, 6.45) is 0. The van der Waals surface area contributed by atoms with Gasteiger partial charge in [0, 0.05) is 27.7 Å². The van der Waals surface area contributed by atoms with Crippen LogP contribution in [0.25, 0.3) is 0 Å². The number of carbonyl (C=O) groups is 1. The topological polar surface area (TPSA) is 35.5 Å². The van der Waals surface area contributed by atoms with E-state index in [4.69, 9.17) is 21.1 Å².